The molecule has 3 atom stereocenters. The summed E-state index contributed by atoms with van der Waals surface area (Å²) in [5, 5.41) is 0. The molecule has 0 bridgehead atoms. The van der Waals surface area contributed by atoms with Crippen LogP contribution in [-0.4, -0.2) is 12.2 Å². The highest BCUT2D eigenvalue weighted by molar-refractivity contribution is 5.06. The minimum atomic E-state index is 0.388. The first-order valence-electron chi connectivity index (χ1n) is 5.45. The summed E-state index contributed by atoms with van der Waals surface area (Å²) in [4.78, 5) is 0. The fourth-order valence-electron chi connectivity index (χ4n) is 2.17. The second-order valence-electron chi connectivity index (χ2n) is 4.37. The van der Waals surface area contributed by atoms with Crippen LogP contribution in [0.5, 0.6) is 0 Å². The van der Waals surface area contributed by atoms with Gasteiger partial charge in [0.15, 0.2) is 0 Å². The van der Waals surface area contributed by atoms with Crippen molar-refractivity contribution in [2.75, 3.05) is 0 Å². The van der Waals surface area contributed by atoms with Crippen LogP contribution < -0.4 is 0 Å². The molecule has 0 N–H and O–H groups in total. The van der Waals surface area contributed by atoms with Crippen molar-refractivity contribution < 1.29 is 4.74 Å². The van der Waals surface area contributed by atoms with Gasteiger partial charge in [0.25, 0.3) is 0 Å². The van der Waals surface area contributed by atoms with Gasteiger partial charge in [-0.3, -0.25) is 0 Å². The van der Waals surface area contributed by atoms with Gasteiger partial charge in [0.2, 0.25) is 0 Å². The van der Waals surface area contributed by atoms with E-state index in [-0.39, 0.29) is 0 Å². The van der Waals surface area contributed by atoms with Gasteiger partial charge in [-0.15, -0.1) is 0 Å². The van der Waals surface area contributed by atoms with E-state index < -0.39 is 0 Å². The third kappa shape index (κ3) is 3.15. The molecule has 0 aromatic rings. The van der Waals surface area contributed by atoms with E-state index in [0.717, 1.165) is 12.3 Å². The Balaban J connectivity index is 2.54. The summed E-state index contributed by atoms with van der Waals surface area (Å²) in [7, 11) is 0. The Kier molecular flexibility index (Phi) is 3.98. The molecule has 0 aliphatic carbocycles. The number of allylic oxidation sites excluding steroid dienone is 1. The molecule has 13 heavy (non-hydrogen) atoms. The van der Waals surface area contributed by atoms with Crippen molar-refractivity contribution in [1.82, 2.24) is 0 Å². The first kappa shape index (κ1) is 10.8. The van der Waals surface area contributed by atoms with Crippen molar-refractivity contribution in [3.05, 3.63) is 11.6 Å². The van der Waals surface area contributed by atoms with Crippen LogP contribution in [0.2, 0.25) is 0 Å². The average molecular weight is 182 g/mol. The first-order chi connectivity index (χ1) is 6.13. The fraction of sp³-hybridized carbons (Fsp3) is 0.833. The zero-order chi connectivity index (χ0) is 9.84. The highest BCUT2D eigenvalue weighted by atomic mass is 16.5. The van der Waals surface area contributed by atoms with E-state index in [2.05, 4.69) is 33.8 Å². The highest BCUT2D eigenvalue weighted by Gasteiger charge is 2.24. The minimum absolute atomic E-state index is 0.388. The second kappa shape index (κ2) is 4.80. The fourth-order valence-corrected chi connectivity index (χ4v) is 2.17. The molecule has 1 nitrogen and oxygen atoms in total. The molecule has 1 heterocycles. The number of rotatable bonds is 2. The lowest BCUT2D eigenvalue weighted by Crippen LogP contribution is -2.30. The average Bonchev–Trinajstić information content (AvgIpc) is 2.03. The largest absolute Gasteiger partial charge is 0.371 e. The zero-order valence-corrected chi connectivity index (χ0v) is 9.34. The van der Waals surface area contributed by atoms with Crippen molar-refractivity contribution in [3.63, 3.8) is 0 Å². The smallest absolute Gasteiger partial charge is 0.0788 e. The van der Waals surface area contributed by atoms with Gasteiger partial charge < -0.3 is 4.74 Å². The molecule has 1 saturated heterocycles. The van der Waals surface area contributed by atoms with Crippen LogP contribution >= 0.6 is 0 Å². The molecule has 0 saturated carbocycles. The van der Waals surface area contributed by atoms with Gasteiger partial charge in [0, 0.05) is 0 Å². The van der Waals surface area contributed by atoms with Crippen molar-refractivity contribution in [3.8, 4) is 0 Å². The van der Waals surface area contributed by atoms with Crippen molar-refractivity contribution in [1.29, 1.82) is 0 Å². The monoisotopic (exact) mass is 182 g/mol. The van der Waals surface area contributed by atoms with Crippen LogP contribution in [-0.2, 0) is 4.74 Å². The topological polar surface area (TPSA) is 9.23 Å². The van der Waals surface area contributed by atoms with E-state index >= 15 is 0 Å². The summed E-state index contributed by atoms with van der Waals surface area (Å²) in [6, 6.07) is 0. The maximum Gasteiger partial charge on any atom is 0.0788 e. The van der Waals surface area contributed by atoms with Gasteiger partial charge in [0.05, 0.1) is 12.2 Å². The van der Waals surface area contributed by atoms with Crippen molar-refractivity contribution in [2.24, 2.45) is 5.92 Å². The van der Waals surface area contributed by atoms with Crippen LogP contribution in [0.15, 0.2) is 11.6 Å². The molecule has 1 rings (SSSR count). The summed E-state index contributed by atoms with van der Waals surface area (Å²) in [6.45, 7) is 8.88. The molecular formula is C12H22O. The summed E-state index contributed by atoms with van der Waals surface area (Å²) in [5.74, 6) is 0.814. The third-order valence-electron chi connectivity index (χ3n) is 2.78. The van der Waals surface area contributed by atoms with Gasteiger partial charge in [-0.2, -0.15) is 0 Å². The Morgan fingerprint density at radius 2 is 2.08 bits per heavy atom. The van der Waals surface area contributed by atoms with Crippen molar-refractivity contribution in [2.45, 2.75) is 59.2 Å². The SMILES string of the molecule is CC/C=C(\C)C1CC(C)CC(C)O1. The third-order valence-corrected chi connectivity index (χ3v) is 2.78. The molecule has 1 aliphatic heterocycles. The zero-order valence-electron chi connectivity index (χ0n) is 9.34. The van der Waals surface area contributed by atoms with E-state index in [0.29, 0.717) is 12.2 Å². The van der Waals surface area contributed by atoms with Crippen LogP contribution in [0, 0.1) is 5.92 Å². The molecule has 76 valence electrons. The maximum absolute atomic E-state index is 5.90. The Morgan fingerprint density at radius 1 is 1.38 bits per heavy atom. The summed E-state index contributed by atoms with van der Waals surface area (Å²) in [5.41, 5.74) is 1.42. The second-order valence-corrected chi connectivity index (χ2v) is 4.37. The van der Waals surface area contributed by atoms with E-state index in [1.165, 1.54) is 18.4 Å². The van der Waals surface area contributed by atoms with Crippen LogP contribution in [0.25, 0.3) is 0 Å². The van der Waals surface area contributed by atoms with Gasteiger partial charge >= 0.3 is 0 Å². The molecular weight excluding hydrogens is 160 g/mol. The van der Waals surface area contributed by atoms with Crippen molar-refractivity contribution >= 4 is 0 Å². The molecule has 0 aromatic carbocycles. The lowest BCUT2D eigenvalue weighted by Gasteiger charge is -2.32. The first-order valence-corrected chi connectivity index (χ1v) is 5.45. The maximum atomic E-state index is 5.90. The minimum Gasteiger partial charge on any atom is -0.371 e. The number of hydrogen-bond acceptors (Lipinski definition) is 1. The Labute approximate surface area is 82.2 Å². The highest BCUT2D eigenvalue weighted by Crippen LogP contribution is 2.28. The van der Waals surface area contributed by atoms with Crippen LogP contribution in [0.4, 0.5) is 0 Å². The lowest BCUT2D eigenvalue weighted by atomic mass is 9.91. The van der Waals surface area contributed by atoms with Gasteiger partial charge in [-0.25, -0.2) is 0 Å². The van der Waals surface area contributed by atoms with E-state index in [4.69, 9.17) is 4.74 Å². The van der Waals surface area contributed by atoms with E-state index in [9.17, 15) is 0 Å². The summed E-state index contributed by atoms with van der Waals surface area (Å²) >= 11 is 0. The van der Waals surface area contributed by atoms with E-state index in [1.807, 2.05) is 0 Å². The van der Waals surface area contributed by atoms with Gasteiger partial charge in [-0.1, -0.05) is 19.9 Å². The number of ether oxygens (including phenoxy) is 1. The summed E-state index contributed by atoms with van der Waals surface area (Å²) < 4.78 is 5.90. The Morgan fingerprint density at radius 3 is 2.62 bits per heavy atom. The number of hydrogen-bond donors (Lipinski definition) is 0. The van der Waals surface area contributed by atoms with Gasteiger partial charge in [-0.05, 0) is 44.6 Å². The van der Waals surface area contributed by atoms with Crippen LogP contribution in [0.1, 0.15) is 47.0 Å². The molecule has 0 aromatic heterocycles. The quantitative estimate of drug-likeness (QED) is 0.593. The molecule has 0 spiro atoms. The molecule has 3 unspecified atom stereocenters. The predicted octanol–water partition coefficient (Wildman–Crippen LogP) is 3.55. The summed E-state index contributed by atoms with van der Waals surface area (Å²) in [6.07, 6.45) is 6.65. The lowest BCUT2D eigenvalue weighted by molar-refractivity contribution is -0.0397. The van der Waals surface area contributed by atoms with E-state index in [1.54, 1.807) is 0 Å². The molecule has 1 fully saturated rings. The Bertz CT molecular complexity index is 174. The molecule has 0 radical (unpaired) electrons. The Hall–Kier alpha value is -0.300. The standard InChI is InChI=1S/C12H22O/c1-5-6-10(3)12-8-9(2)7-11(4)13-12/h6,9,11-12H,5,7-8H2,1-4H3/b10-6+. The molecule has 1 aliphatic rings. The molecule has 1 heteroatoms. The van der Waals surface area contributed by atoms with Gasteiger partial charge in [0.1, 0.15) is 0 Å². The van der Waals surface area contributed by atoms with Crippen LogP contribution in [0.3, 0.4) is 0 Å². The normalized spacial score (nSPS) is 36.3. The molecule has 0 amide bonds. The predicted molar refractivity (Wildman–Crippen MR) is 56.8 cm³/mol.